The van der Waals surface area contributed by atoms with Gasteiger partial charge in [-0.25, -0.2) is 8.78 Å². The molecule has 9 nitrogen and oxygen atoms in total. The molecule has 2 aliphatic rings. The Kier molecular flexibility index (Phi) is 6.51. The maximum atomic E-state index is 13.4. The van der Waals surface area contributed by atoms with E-state index in [2.05, 4.69) is 20.8 Å². The summed E-state index contributed by atoms with van der Waals surface area (Å²) >= 11 is 1.31. The molecule has 1 aromatic heterocycles. The Morgan fingerprint density at radius 2 is 2.19 bits per heavy atom. The molecule has 2 aromatic rings. The highest BCUT2D eigenvalue weighted by Gasteiger charge is 2.25. The van der Waals surface area contributed by atoms with E-state index in [9.17, 15) is 18.4 Å². The number of amides is 2. The molecule has 32 heavy (non-hydrogen) atoms. The van der Waals surface area contributed by atoms with E-state index in [0.29, 0.717) is 35.4 Å². The summed E-state index contributed by atoms with van der Waals surface area (Å²) in [5.41, 5.74) is 3.57. The SMILES string of the molecule is COc1cnc(C(F)F)cc1-c1cc(N2CCOCC2=O)ccc1C(=O)NC1=NNCS1. The molecule has 3 heterocycles. The second kappa shape index (κ2) is 9.49. The monoisotopic (exact) mass is 463 g/mol. The minimum Gasteiger partial charge on any atom is -0.494 e. The van der Waals surface area contributed by atoms with Crippen molar-refractivity contribution >= 4 is 34.4 Å². The van der Waals surface area contributed by atoms with Crippen LogP contribution in [0.25, 0.3) is 11.1 Å². The predicted octanol–water partition coefficient (Wildman–Crippen LogP) is 2.35. The molecule has 2 N–H and O–H groups in total. The van der Waals surface area contributed by atoms with Crippen molar-refractivity contribution < 1.29 is 27.8 Å². The largest absolute Gasteiger partial charge is 0.494 e. The van der Waals surface area contributed by atoms with E-state index in [-0.39, 0.29) is 29.4 Å². The number of halogens is 2. The van der Waals surface area contributed by atoms with Gasteiger partial charge in [-0.15, -0.1) is 0 Å². The Bertz CT molecular complexity index is 1080. The van der Waals surface area contributed by atoms with Gasteiger partial charge < -0.3 is 14.4 Å². The molecular weight excluding hydrogens is 444 g/mol. The van der Waals surface area contributed by atoms with E-state index in [1.165, 1.54) is 42.1 Å². The highest BCUT2D eigenvalue weighted by Crippen LogP contribution is 2.37. The lowest BCUT2D eigenvalue weighted by molar-refractivity contribution is -0.125. The molecule has 168 valence electrons. The van der Waals surface area contributed by atoms with E-state index in [1.54, 1.807) is 12.1 Å². The van der Waals surface area contributed by atoms with Crippen molar-refractivity contribution in [3.63, 3.8) is 0 Å². The first-order chi connectivity index (χ1) is 15.5. The number of methoxy groups -OCH3 is 1. The topological polar surface area (TPSA) is 105 Å². The Morgan fingerprint density at radius 3 is 2.88 bits per heavy atom. The number of pyridine rings is 1. The molecule has 0 aliphatic carbocycles. The number of nitrogens with one attached hydrogen (secondary N) is 2. The van der Waals surface area contributed by atoms with Gasteiger partial charge in [-0.1, -0.05) is 11.8 Å². The number of carbonyl (C=O) groups excluding carboxylic acids is 2. The Hall–Kier alpha value is -3.25. The number of hydrogen-bond donors (Lipinski definition) is 2. The first-order valence-corrected chi connectivity index (χ1v) is 10.6. The van der Waals surface area contributed by atoms with E-state index in [4.69, 9.17) is 9.47 Å². The van der Waals surface area contributed by atoms with Crippen LogP contribution in [-0.4, -0.2) is 54.7 Å². The zero-order valence-corrected chi connectivity index (χ0v) is 17.7. The first kappa shape index (κ1) is 22.0. The average molecular weight is 463 g/mol. The van der Waals surface area contributed by atoms with Gasteiger partial charge in [-0.2, -0.15) is 5.10 Å². The summed E-state index contributed by atoms with van der Waals surface area (Å²) in [5, 5.41) is 7.06. The zero-order chi connectivity index (χ0) is 22.7. The quantitative estimate of drug-likeness (QED) is 0.701. The van der Waals surface area contributed by atoms with Gasteiger partial charge in [-0.05, 0) is 24.3 Å². The van der Waals surface area contributed by atoms with Crippen LogP contribution in [-0.2, 0) is 9.53 Å². The maximum Gasteiger partial charge on any atom is 0.280 e. The van der Waals surface area contributed by atoms with Crippen LogP contribution in [0.2, 0.25) is 0 Å². The van der Waals surface area contributed by atoms with Crippen LogP contribution < -0.4 is 20.4 Å². The van der Waals surface area contributed by atoms with E-state index in [0.717, 1.165) is 0 Å². The number of hydrogen-bond acceptors (Lipinski definition) is 8. The van der Waals surface area contributed by atoms with Gasteiger partial charge in [0.05, 0.1) is 25.8 Å². The van der Waals surface area contributed by atoms with Gasteiger partial charge in [-0.3, -0.25) is 25.3 Å². The summed E-state index contributed by atoms with van der Waals surface area (Å²) in [6, 6.07) is 5.96. The van der Waals surface area contributed by atoms with E-state index in [1.807, 2.05) is 0 Å². The fourth-order valence-electron chi connectivity index (χ4n) is 3.33. The number of ether oxygens (including phenoxy) is 2. The van der Waals surface area contributed by atoms with Crippen LogP contribution in [0.3, 0.4) is 0 Å². The van der Waals surface area contributed by atoms with Crippen LogP contribution in [0.5, 0.6) is 5.75 Å². The number of hydrazone groups is 1. The van der Waals surface area contributed by atoms with Gasteiger partial charge in [0.1, 0.15) is 18.1 Å². The van der Waals surface area contributed by atoms with Crippen molar-refractivity contribution in [3.05, 3.63) is 41.7 Å². The first-order valence-electron chi connectivity index (χ1n) is 9.57. The molecule has 0 radical (unpaired) electrons. The summed E-state index contributed by atoms with van der Waals surface area (Å²) in [5.74, 6) is 0.0174. The highest BCUT2D eigenvalue weighted by atomic mass is 32.2. The van der Waals surface area contributed by atoms with Crippen LogP contribution in [0.1, 0.15) is 22.5 Å². The third-order valence-corrected chi connectivity index (χ3v) is 5.58. The number of amidine groups is 1. The summed E-state index contributed by atoms with van der Waals surface area (Å²) in [4.78, 5) is 30.6. The average Bonchev–Trinajstić information content (AvgIpc) is 3.31. The minimum absolute atomic E-state index is 0.0598. The normalized spacial score (nSPS) is 16.1. The van der Waals surface area contributed by atoms with Gasteiger partial charge in [0.2, 0.25) is 0 Å². The van der Waals surface area contributed by atoms with Crippen molar-refractivity contribution in [3.8, 4) is 16.9 Å². The van der Waals surface area contributed by atoms with Crippen molar-refractivity contribution in [1.29, 1.82) is 0 Å². The Labute approximate surface area is 186 Å². The number of nitrogens with zero attached hydrogens (tertiary/aromatic N) is 3. The summed E-state index contributed by atoms with van der Waals surface area (Å²) in [6.07, 6.45) is -1.62. The molecule has 2 amide bonds. The second-order valence-corrected chi connectivity index (χ2v) is 7.72. The van der Waals surface area contributed by atoms with Crippen LogP contribution in [0.4, 0.5) is 14.5 Å². The van der Waals surface area contributed by atoms with Crippen molar-refractivity contribution in [2.24, 2.45) is 5.10 Å². The molecule has 0 atom stereocenters. The summed E-state index contributed by atoms with van der Waals surface area (Å²) < 4.78 is 37.3. The number of benzene rings is 1. The molecule has 0 spiro atoms. The molecule has 12 heteroatoms. The third-order valence-electron chi connectivity index (χ3n) is 4.84. The molecule has 0 bridgehead atoms. The van der Waals surface area contributed by atoms with Crippen molar-refractivity contribution in [2.75, 3.05) is 37.6 Å². The van der Waals surface area contributed by atoms with E-state index < -0.39 is 18.0 Å². The van der Waals surface area contributed by atoms with Crippen LogP contribution in [0.15, 0.2) is 35.6 Å². The number of alkyl halides is 2. The lowest BCUT2D eigenvalue weighted by Crippen LogP contribution is -2.41. The number of morpholine rings is 1. The fraction of sp³-hybridized carbons (Fsp3) is 0.300. The van der Waals surface area contributed by atoms with Gasteiger partial charge in [0.25, 0.3) is 18.2 Å². The fourth-order valence-corrected chi connectivity index (χ4v) is 3.89. The maximum absolute atomic E-state index is 13.4. The number of aromatic nitrogens is 1. The summed E-state index contributed by atoms with van der Waals surface area (Å²) in [7, 11) is 1.38. The van der Waals surface area contributed by atoms with Crippen molar-refractivity contribution in [1.82, 2.24) is 15.7 Å². The van der Waals surface area contributed by atoms with Gasteiger partial charge >= 0.3 is 0 Å². The van der Waals surface area contributed by atoms with E-state index >= 15 is 0 Å². The van der Waals surface area contributed by atoms with Crippen LogP contribution >= 0.6 is 11.8 Å². The van der Waals surface area contributed by atoms with Gasteiger partial charge in [0, 0.05) is 28.9 Å². The molecule has 2 aliphatic heterocycles. The number of thioether (sulfide) groups is 1. The lowest BCUT2D eigenvalue weighted by Gasteiger charge is -2.27. The smallest absolute Gasteiger partial charge is 0.280 e. The second-order valence-electron chi connectivity index (χ2n) is 6.76. The third kappa shape index (κ3) is 4.50. The molecule has 1 saturated heterocycles. The van der Waals surface area contributed by atoms with Crippen LogP contribution in [0, 0.1) is 0 Å². The Balaban J connectivity index is 1.83. The standard InChI is InChI=1S/C20H19F2N5O4S/c1-30-16-8-23-15(18(21)22)7-14(16)13-6-11(27-4-5-31-9-17(27)28)2-3-12(13)19(29)25-20-26-24-10-32-20/h2-3,6-8,18,24H,4-5,9-10H2,1H3,(H,25,26,29). The number of rotatable bonds is 5. The number of carbonyl (C=O) groups is 2. The lowest BCUT2D eigenvalue weighted by atomic mass is 9.97. The molecule has 0 unspecified atom stereocenters. The highest BCUT2D eigenvalue weighted by molar-refractivity contribution is 8.14. The van der Waals surface area contributed by atoms with Crippen molar-refractivity contribution in [2.45, 2.75) is 6.43 Å². The molecule has 4 rings (SSSR count). The van der Waals surface area contributed by atoms with Gasteiger partial charge in [0.15, 0.2) is 5.17 Å². The summed E-state index contributed by atoms with van der Waals surface area (Å²) in [6.45, 7) is 0.635. The zero-order valence-electron chi connectivity index (χ0n) is 16.9. The number of anilines is 1. The molecule has 1 aromatic carbocycles. The Morgan fingerprint density at radius 1 is 1.34 bits per heavy atom. The molecule has 0 saturated carbocycles. The minimum atomic E-state index is -2.81. The molecule has 1 fully saturated rings. The molecular formula is C20H19F2N5O4S. The predicted molar refractivity (Wildman–Crippen MR) is 115 cm³/mol.